The van der Waals surface area contributed by atoms with Crippen LogP contribution in [0.1, 0.15) is 25.3 Å². The van der Waals surface area contributed by atoms with Gasteiger partial charge >= 0.3 is 12.3 Å². The molecule has 1 amide bonds. The van der Waals surface area contributed by atoms with E-state index in [-0.39, 0.29) is 12.0 Å². The van der Waals surface area contributed by atoms with Gasteiger partial charge in [0.2, 0.25) is 0 Å². The van der Waals surface area contributed by atoms with E-state index in [1.807, 2.05) is 6.92 Å². The van der Waals surface area contributed by atoms with E-state index < -0.39 is 17.8 Å². The van der Waals surface area contributed by atoms with Gasteiger partial charge in [0.15, 0.2) is 0 Å². The predicted molar refractivity (Wildman–Crippen MR) is 73.9 cm³/mol. The monoisotopic (exact) mass is 317 g/mol. The van der Waals surface area contributed by atoms with E-state index in [1.165, 1.54) is 17.0 Å². The number of ether oxygens (including phenoxy) is 1. The third-order valence-electron chi connectivity index (χ3n) is 3.89. The average molecular weight is 317 g/mol. The number of amides is 1. The smallest absolute Gasteiger partial charge is 0.416 e. The SMILES string of the molecule is CC1CCC(COc2ccc(C(F)(F)F)cc2)CN1C(=O)O. The fourth-order valence-electron chi connectivity index (χ4n) is 2.54. The molecule has 1 aliphatic heterocycles. The van der Waals surface area contributed by atoms with E-state index in [1.54, 1.807) is 0 Å². The number of halogens is 3. The maximum atomic E-state index is 12.4. The molecular weight excluding hydrogens is 299 g/mol. The molecule has 1 aromatic carbocycles. The van der Waals surface area contributed by atoms with E-state index in [9.17, 15) is 18.0 Å². The molecule has 0 saturated carbocycles. The second-order valence-corrected chi connectivity index (χ2v) is 5.56. The highest BCUT2D eigenvalue weighted by Crippen LogP contribution is 2.30. The second-order valence-electron chi connectivity index (χ2n) is 5.56. The lowest BCUT2D eigenvalue weighted by atomic mass is 9.94. The molecule has 1 fully saturated rings. The minimum absolute atomic E-state index is 0.0141. The molecule has 22 heavy (non-hydrogen) atoms. The molecule has 1 heterocycles. The maximum absolute atomic E-state index is 12.4. The van der Waals surface area contributed by atoms with Crippen LogP contribution in [-0.2, 0) is 6.18 Å². The number of likely N-dealkylation sites (tertiary alicyclic amines) is 1. The van der Waals surface area contributed by atoms with Crippen LogP contribution in [0.4, 0.5) is 18.0 Å². The van der Waals surface area contributed by atoms with Gasteiger partial charge in [0.25, 0.3) is 0 Å². The van der Waals surface area contributed by atoms with Crippen LogP contribution in [0, 0.1) is 5.92 Å². The van der Waals surface area contributed by atoms with Crippen LogP contribution >= 0.6 is 0 Å². The van der Waals surface area contributed by atoms with Gasteiger partial charge in [-0.15, -0.1) is 0 Å². The van der Waals surface area contributed by atoms with E-state index in [0.29, 0.717) is 18.9 Å². The molecule has 0 radical (unpaired) electrons. The van der Waals surface area contributed by atoms with Gasteiger partial charge in [-0.1, -0.05) is 0 Å². The van der Waals surface area contributed by atoms with Gasteiger partial charge in [0.1, 0.15) is 5.75 Å². The van der Waals surface area contributed by atoms with Crippen molar-refractivity contribution in [3.05, 3.63) is 29.8 Å². The summed E-state index contributed by atoms with van der Waals surface area (Å²) in [4.78, 5) is 12.5. The van der Waals surface area contributed by atoms with Gasteiger partial charge in [-0.3, -0.25) is 0 Å². The van der Waals surface area contributed by atoms with Crippen LogP contribution in [0.15, 0.2) is 24.3 Å². The Morgan fingerprint density at radius 3 is 2.50 bits per heavy atom. The van der Waals surface area contributed by atoms with Gasteiger partial charge in [-0.2, -0.15) is 13.2 Å². The molecule has 0 bridgehead atoms. The molecule has 122 valence electrons. The second kappa shape index (κ2) is 6.46. The largest absolute Gasteiger partial charge is 0.493 e. The van der Waals surface area contributed by atoms with E-state index in [0.717, 1.165) is 25.0 Å². The summed E-state index contributed by atoms with van der Waals surface area (Å²) in [6, 6.07) is 4.50. The van der Waals surface area contributed by atoms with Crippen LogP contribution in [-0.4, -0.2) is 35.3 Å². The molecule has 1 saturated heterocycles. The van der Waals surface area contributed by atoms with Crippen LogP contribution < -0.4 is 4.74 Å². The standard InChI is InChI=1S/C15H18F3NO3/c1-10-2-3-11(8-19(10)14(20)21)9-22-13-6-4-12(5-7-13)15(16,17)18/h4-7,10-11H,2-3,8-9H2,1H3,(H,20,21). The summed E-state index contributed by atoms with van der Waals surface area (Å²) < 4.78 is 42.8. The quantitative estimate of drug-likeness (QED) is 0.921. The van der Waals surface area contributed by atoms with Crippen molar-refractivity contribution in [1.82, 2.24) is 4.90 Å². The molecule has 2 rings (SSSR count). The van der Waals surface area contributed by atoms with Crippen molar-refractivity contribution in [2.24, 2.45) is 5.92 Å². The Balaban J connectivity index is 1.89. The summed E-state index contributed by atoms with van der Waals surface area (Å²) in [5.74, 6) is 0.406. The van der Waals surface area contributed by atoms with Crippen LogP contribution in [0.3, 0.4) is 0 Å². The third-order valence-corrected chi connectivity index (χ3v) is 3.89. The van der Waals surface area contributed by atoms with Crippen molar-refractivity contribution in [3.63, 3.8) is 0 Å². The van der Waals surface area contributed by atoms with Crippen molar-refractivity contribution in [3.8, 4) is 5.75 Å². The predicted octanol–water partition coefficient (Wildman–Crippen LogP) is 3.86. The van der Waals surface area contributed by atoms with Crippen molar-refractivity contribution in [2.45, 2.75) is 32.0 Å². The summed E-state index contributed by atoms with van der Waals surface area (Å²) in [5, 5.41) is 9.10. The summed E-state index contributed by atoms with van der Waals surface area (Å²) in [6.07, 6.45) is -3.72. The van der Waals surface area contributed by atoms with E-state index in [2.05, 4.69) is 0 Å². The Morgan fingerprint density at radius 1 is 1.32 bits per heavy atom. The molecule has 2 unspecified atom stereocenters. The van der Waals surface area contributed by atoms with E-state index >= 15 is 0 Å². The molecule has 1 aliphatic rings. The minimum atomic E-state index is -4.36. The Bertz CT molecular complexity index is 516. The van der Waals surface area contributed by atoms with Gasteiger partial charge in [-0.05, 0) is 44.0 Å². The lowest BCUT2D eigenvalue weighted by molar-refractivity contribution is -0.137. The maximum Gasteiger partial charge on any atom is 0.416 e. The van der Waals surface area contributed by atoms with Crippen molar-refractivity contribution in [2.75, 3.05) is 13.2 Å². The first kappa shape index (κ1) is 16.5. The Labute approximate surface area is 126 Å². The first-order valence-electron chi connectivity index (χ1n) is 7.07. The van der Waals surface area contributed by atoms with Gasteiger partial charge < -0.3 is 14.7 Å². The first-order chi connectivity index (χ1) is 10.3. The molecular formula is C15H18F3NO3. The average Bonchev–Trinajstić information content (AvgIpc) is 2.45. The minimum Gasteiger partial charge on any atom is -0.493 e. The normalized spacial score (nSPS) is 22.5. The molecule has 1 N–H and O–H groups in total. The van der Waals surface area contributed by atoms with Crippen molar-refractivity contribution >= 4 is 6.09 Å². The number of hydrogen-bond donors (Lipinski definition) is 1. The summed E-state index contributed by atoms with van der Waals surface area (Å²) in [7, 11) is 0. The molecule has 7 heteroatoms. The number of benzene rings is 1. The Hall–Kier alpha value is -1.92. The topological polar surface area (TPSA) is 49.8 Å². The highest BCUT2D eigenvalue weighted by molar-refractivity contribution is 5.65. The zero-order chi connectivity index (χ0) is 16.3. The molecule has 0 aromatic heterocycles. The van der Waals surface area contributed by atoms with E-state index in [4.69, 9.17) is 9.84 Å². The number of hydrogen-bond acceptors (Lipinski definition) is 2. The van der Waals surface area contributed by atoms with Crippen LogP contribution in [0.2, 0.25) is 0 Å². The first-order valence-corrected chi connectivity index (χ1v) is 7.07. The summed E-state index contributed by atoms with van der Waals surface area (Å²) in [6.45, 7) is 2.54. The lowest BCUT2D eigenvalue weighted by Gasteiger charge is -2.35. The van der Waals surface area contributed by atoms with Crippen LogP contribution in [0.5, 0.6) is 5.75 Å². The Morgan fingerprint density at radius 2 is 1.95 bits per heavy atom. The molecule has 0 spiro atoms. The fourth-order valence-corrected chi connectivity index (χ4v) is 2.54. The van der Waals surface area contributed by atoms with Crippen LogP contribution in [0.25, 0.3) is 0 Å². The van der Waals surface area contributed by atoms with Gasteiger partial charge in [0.05, 0.1) is 12.2 Å². The molecule has 2 atom stereocenters. The number of rotatable bonds is 3. The summed E-state index contributed by atoms with van der Waals surface area (Å²) in [5.41, 5.74) is -0.719. The van der Waals surface area contributed by atoms with Crippen molar-refractivity contribution in [1.29, 1.82) is 0 Å². The van der Waals surface area contributed by atoms with Gasteiger partial charge in [-0.25, -0.2) is 4.79 Å². The highest BCUT2D eigenvalue weighted by Gasteiger charge is 2.31. The number of alkyl halides is 3. The molecule has 0 aliphatic carbocycles. The summed E-state index contributed by atoms with van der Waals surface area (Å²) >= 11 is 0. The van der Waals surface area contributed by atoms with Gasteiger partial charge in [0, 0.05) is 18.5 Å². The number of carbonyl (C=O) groups is 1. The number of carboxylic acid groups (broad SMARTS) is 1. The molecule has 1 aromatic rings. The third kappa shape index (κ3) is 4.05. The zero-order valence-corrected chi connectivity index (χ0v) is 12.1. The Kier molecular flexibility index (Phi) is 4.83. The lowest BCUT2D eigenvalue weighted by Crippen LogP contribution is -2.46. The molecule has 4 nitrogen and oxygen atoms in total. The highest BCUT2D eigenvalue weighted by atomic mass is 19.4. The fraction of sp³-hybridized carbons (Fsp3) is 0.533. The zero-order valence-electron chi connectivity index (χ0n) is 12.1. The number of piperidine rings is 1. The van der Waals surface area contributed by atoms with Crippen molar-refractivity contribution < 1.29 is 27.8 Å². The number of nitrogens with zero attached hydrogens (tertiary/aromatic N) is 1.